The van der Waals surface area contributed by atoms with Crippen LogP contribution in [0.2, 0.25) is 0 Å². The lowest BCUT2D eigenvalue weighted by atomic mass is 10.0. The third-order valence-electron chi connectivity index (χ3n) is 2.18. The minimum atomic E-state index is 0.813. The molecule has 0 aliphatic rings. The van der Waals surface area contributed by atoms with E-state index >= 15 is 0 Å². The van der Waals surface area contributed by atoms with Gasteiger partial charge >= 0.3 is 0 Å². The molecule has 0 aromatic heterocycles. The lowest BCUT2D eigenvalue weighted by Gasteiger charge is -2.05. The molecule has 0 aliphatic heterocycles. The predicted molar refractivity (Wildman–Crippen MR) is 57.4 cm³/mol. The smallest absolute Gasteiger partial charge is 0.0321 e. The summed E-state index contributed by atoms with van der Waals surface area (Å²) in [6.07, 6.45) is 8.94. The van der Waals surface area contributed by atoms with Crippen molar-refractivity contribution in [1.29, 1.82) is 0 Å². The normalized spacial score (nSPS) is 12.6. The van der Waals surface area contributed by atoms with Gasteiger partial charge in [0.1, 0.15) is 0 Å². The summed E-state index contributed by atoms with van der Waals surface area (Å²) in [4.78, 5) is 0. The van der Waals surface area contributed by atoms with Crippen LogP contribution >= 0.6 is 0 Å². The van der Waals surface area contributed by atoms with Crippen molar-refractivity contribution in [3.8, 4) is 0 Å². The number of unbranched alkanes of at least 4 members (excludes halogenated alkanes) is 1. The van der Waals surface area contributed by atoms with Crippen molar-refractivity contribution >= 4 is 0 Å². The van der Waals surface area contributed by atoms with Crippen molar-refractivity contribution in [2.24, 2.45) is 5.92 Å². The summed E-state index contributed by atoms with van der Waals surface area (Å²) >= 11 is 0. The molecule has 0 unspecified atom stereocenters. The second-order valence-electron chi connectivity index (χ2n) is 3.95. The Labute approximate surface area is 78.1 Å². The summed E-state index contributed by atoms with van der Waals surface area (Å²) in [5.74, 6) is 0.813. The molecule has 0 rings (SSSR count). The molecular formula is C12H24. The Morgan fingerprint density at radius 2 is 1.92 bits per heavy atom. The molecule has 12 heavy (non-hydrogen) atoms. The Morgan fingerprint density at radius 1 is 1.25 bits per heavy atom. The van der Waals surface area contributed by atoms with E-state index in [4.69, 9.17) is 0 Å². The highest BCUT2D eigenvalue weighted by Gasteiger charge is 1.95. The minimum Gasteiger partial charge on any atom is -0.0851 e. The molecule has 0 saturated carbocycles. The average Bonchev–Trinajstić information content (AvgIpc) is 2.05. The highest BCUT2D eigenvalue weighted by Crippen LogP contribution is 2.13. The Kier molecular flexibility index (Phi) is 7.23. The summed E-state index contributed by atoms with van der Waals surface area (Å²) in [7, 11) is 0. The van der Waals surface area contributed by atoms with E-state index < -0.39 is 0 Å². The molecule has 0 aromatic carbocycles. The van der Waals surface area contributed by atoms with Gasteiger partial charge in [-0.05, 0) is 31.6 Å². The number of allylic oxidation sites excluding steroid dienone is 2. The summed E-state index contributed by atoms with van der Waals surface area (Å²) in [5, 5.41) is 0. The molecule has 0 heterocycles. The fraction of sp³-hybridized carbons (Fsp3) is 0.833. The van der Waals surface area contributed by atoms with E-state index in [0.717, 1.165) is 5.92 Å². The quantitative estimate of drug-likeness (QED) is 0.510. The fourth-order valence-corrected chi connectivity index (χ4v) is 1.23. The second kappa shape index (κ2) is 7.39. The van der Waals surface area contributed by atoms with E-state index in [-0.39, 0.29) is 0 Å². The molecule has 0 radical (unpaired) electrons. The van der Waals surface area contributed by atoms with Gasteiger partial charge in [0.25, 0.3) is 0 Å². The van der Waals surface area contributed by atoms with Crippen LogP contribution in [0, 0.1) is 5.92 Å². The molecule has 0 bridgehead atoms. The maximum absolute atomic E-state index is 2.44. The van der Waals surface area contributed by atoms with Crippen molar-refractivity contribution < 1.29 is 0 Å². The fourth-order valence-electron chi connectivity index (χ4n) is 1.23. The minimum absolute atomic E-state index is 0.813. The monoisotopic (exact) mass is 168 g/mol. The predicted octanol–water partition coefficient (Wildman–Crippen LogP) is 4.56. The van der Waals surface area contributed by atoms with Crippen LogP contribution in [0.1, 0.15) is 59.8 Å². The SMILES string of the molecule is CCCC/C(=C/CC(C)C)CC. The molecule has 0 N–H and O–H groups in total. The molecule has 0 atom stereocenters. The van der Waals surface area contributed by atoms with Gasteiger partial charge < -0.3 is 0 Å². The van der Waals surface area contributed by atoms with Gasteiger partial charge in [0.15, 0.2) is 0 Å². The molecular weight excluding hydrogens is 144 g/mol. The first-order valence-electron chi connectivity index (χ1n) is 5.38. The zero-order valence-electron chi connectivity index (χ0n) is 9.19. The van der Waals surface area contributed by atoms with Gasteiger partial charge in [-0.25, -0.2) is 0 Å². The molecule has 0 aromatic rings. The lowest BCUT2D eigenvalue weighted by Crippen LogP contribution is -1.87. The molecule has 0 fully saturated rings. The van der Waals surface area contributed by atoms with E-state index in [1.165, 1.54) is 32.1 Å². The first-order chi connectivity index (χ1) is 5.70. The molecule has 0 heteroatoms. The van der Waals surface area contributed by atoms with E-state index in [9.17, 15) is 0 Å². The van der Waals surface area contributed by atoms with E-state index in [2.05, 4.69) is 33.8 Å². The van der Waals surface area contributed by atoms with Crippen LogP contribution in [-0.4, -0.2) is 0 Å². The van der Waals surface area contributed by atoms with Gasteiger partial charge in [0.05, 0.1) is 0 Å². The van der Waals surface area contributed by atoms with Crippen LogP contribution in [-0.2, 0) is 0 Å². The molecule has 0 amide bonds. The average molecular weight is 168 g/mol. The zero-order chi connectivity index (χ0) is 9.40. The van der Waals surface area contributed by atoms with Gasteiger partial charge in [0, 0.05) is 0 Å². The van der Waals surface area contributed by atoms with Gasteiger partial charge in [-0.3, -0.25) is 0 Å². The van der Waals surface area contributed by atoms with E-state index in [1.54, 1.807) is 5.57 Å². The first kappa shape index (κ1) is 11.7. The molecule has 0 spiro atoms. The standard InChI is InChI=1S/C12H24/c1-5-7-8-12(6-2)10-9-11(3)4/h10-11H,5-9H2,1-4H3/b12-10+. The summed E-state index contributed by atoms with van der Waals surface area (Å²) in [6.45, 7) is 9.09. The van der Waals surface area contributed by atoms with Crippen LogP contribution < -0.4 is 0 Å². The Bertz CT molecular complexity index is 120. The number of hydrogen-bond acceptors (Lipinski definition) is 0. The van der Waals surface area contributed by atoms with Crippen LogP contribution in [0.3, 0.4) is 0 Å². The van der Waals surface area contributed by atoms with Crippen molar-refractivity contribution in [1.82, 2.24) is 0 Å². The number of rotatable bonds is 6. The molecule has 0 saturated heterocycles. The highest BCUT2D eigenvalue weighted by molar-refractivity contribution is 5.01. The van der Waals surface area contributed by atoms with Crippen LogP contribution in [0.25, 0.3) is 0 Å². The van der Waals surface area contributed by atoms with Crippen molar-refractivity contribution in [3.63, 3.8) is 0 Å². The van der Waals surface area contributed by atoms with E-state index in [1.807, 2.05) is 0 Å². The second-order valence-corrected chi connectivity index (χ2v) is 3.95. The third kappa shape index (κ3) is 6.45. The summed E-state index contributed by atoms with van der Waals surface area (Å²) in [6, 6.07) is 0. The Morgan fingerprint density at radius 3 is 2.33 bits per heavy atom. The van der Waals surface area contributed by atoms with Crippen LogP contribution in [0.5, 0.6) is 0 Å². The number of hydrogen-bond donors (Lipinski definition) is 0. The highest BCUT2D eigenvalue weighted by atomic mass is 14.0. The van der Waals surface area contributed by atoms with Crippen molar-refractivity contribution in [2.45, 2.75) is 59.8 Å². The largest absolute Gasteiger partial charge is 0.0851 e. The Balaban J connectivity index is 3.70. The summed E-state index contributed by atoms with van der Waals surface area (Å²) in [5.41, 5.74) is 1.66. The van der Waals surface area contributed by atoms with Crippen LogP contribution in [0.4, 0.5) is 0 Å². The molecule has 0 aliphatic carbocycles. The third-order valence-corrected chi connectivity index (χ3v) is 2.18. The Hall–Kier alpha value is -0.260. The van der Waals surface area contributed by atoms with Crippen LogP contribution in [0.15, 0.2) is 11.6 Å². The summed E-state index contributed by atoms with van der Waals surface area (Å²) < 4.78 is 0. The maximum Gasteiger partial charge on any atom is -0.0321 e. The van der Waals surface area contributed by atoms with Gasteiger partial charge in [0.2, 0.25) is 0 Å². The van der Waals surface area contributed by atoms with Crippen molar-refractivity contribution in [2.75, 3.05) is 0 Å². The van der Waals surface area contributed by atoms with Gasteiger partial charge in [-0.15, -0.1) is 0 Å². The lowest BCUT2D eigenvalue weighted by molar-refractivity contribution is 0.653. The van der Waals surface area contributed by atoms with Gasteiger partial charge in [-0.2, -0.15) is 0 Å². The van der Waals surface area contributed by atoms with Gasteiger partial charge in [-0.1, -0.05) is 45.8 Å². The molecule has 72 valence electrons. The van der Waals surface area contributed by atoms with E-state index in [0.29, 0.717) is 0 Å². The topological polar surface area (TPSA) is 0 Å². The van der Waals surface area contributed by atoms with Crippen molar-refractivity contribution in [3.05, 3.63) is 11.6 Å². The zero-order valence-corrected chi connectivity index (χ0v) is 9.19. The first-order valence-corrected chi connectivity index (χ1v) is 5.38. The molecule has 0 nitrogen and oxygen atoms in total. The maximum atomic E-state index is 2.44.